The molecule has 3 aromatic rings. The average molecular weight is 439 g/mol. The molecule has 162 valence electrons. The fourth-order valence-corrected chi connectivity index (χ4v) is 6.53. The van der Waals surface area contributed by atoms with E-state index in [2.05, 4.69) is 26.1 Å². The van der Waals surface area contributed by atoms with Gasteiger partial charge in [-0.1, -0.05) is 19.3 Å². The van der Waals surface area contributed by atoms with Gasteiger partial charge in [-0.05, 0) is 18.9 Å². The third-order valence-electron chi connectivity index (χ3n) is 6.44. The topological polar surface area (TPSA) is 116 Å². The smallest absolute Gasteiger partial charge is 0.141 e. The summed E-state index contributed by atoms with van der Waals surface area (Å²) in [6.45, 7) is 0.993. The maximum Gasteiger partial charge on any atom is 0.141 e. The van der Waals surface area contributed by atoms with E-state index in [1.54, 1.807) is 12.5 Å². The number of fused-ring (bicyclic) bond motifs is 1. The monoisotopic (exact) mass is 438 g/mol. The lowest BCUT2D eigenvalue weighted by Crippen LogP contribution is -2.64. The molecule has 1 saturated heterocycles. The van der Waals surface area contributed by atoms with Crippen LogP contribution >= 0.6 is 0 Å². The molecule has 2 fully saturated rings. The lowest BCUT2D eigenvalue weighted by molar-refractivity contribution is 0.0752. The fourth-order valence-electron chi connectivity index (χ4n) is 4.67. The maximum atomic E-state index is 13.3. The van der Waals surface area contributed by atoms with Crippen LogP contribution in [0.1, 0.15) is 38.5 Å². The molecule has 0 bridgehead atoms. The van der Waals surface area contributed by atoms with Crippen molar-refractivity contribution in [1.29, 1.82) is 5.26 Å². The second kappa shape index (κ2) is 7.73. The van der Waals surface area contributed by atoms with Gasteiger partial charge in [-0.3, -0.25) is 4.68 Å². The number of aromatic amines is 1. The third kappa shape index (κ3) is 3.62. The molecule has 1 saturated carbocycles. The van der Waals surface area contributed by atoms with E-state index in [0.29, 0.717) is 19.5 Å². The molecular formula is C21H26N8OS. The van der Waals surface area contributed by atoms with Gasteiger partial charge in [0.1, 0.15) is 27.4 Å². The van der Waals surface area contributed by atoms with Crippen LogP contribution in [0.15, 0.2) is 35.3 Å². The maximum absolute atomic E-state index is 13.3. The van der Waals surface area contributed by atoms with E-state index in [1.807, 2.05) is 27.4 Å². The first-order chi connectivity index (χ1) is 15.0. The van der Waals surface area contributed by atoms with E-state index in [0.717, 1.165) is 48.0 Å². The molecule has 3 aromatic heterocycles. The van der Waals surface area contributed by atoms with Crippen molar-refractivity contribution in [2.75, 3.05) is 19.3 Å². The van der Waals surface area contributed by atoms with Gasteiger partial charge in [0.2, 0.25) is 0 Å². The molecule has 1 atom stereocenters. The minimum absolute atomic E-state index is 0.190. The summed E-state index contributed by atoms with van der Waals surface area (Å²) in [5.41, 5.74) is 1.94. The number of rotatable bonds is 5. The first-order valence-corrected chi connectivity index (χ1v) is 12.6. The van der Waals surface area contributed by atoms with Gasteiger partial charge < -0.3 is 4.98 Å². The normalized spacial score (nSPS) is 21.3. The highest BCUT2D eigenvalue weighted by Gasteiger charge is 2.48. The van der Waals surface area contributed by atoms with Crippen LogP contribution in [0.3, 0.4) is 0 Å². The van der Waals surface area contributed by atoms with Crippen molar-refractivity contribution in [3.05, 3.63) is 31.0 Å². The van der Waals surface area contributed by atoms with E-state index >= 15 is 0 Å². The second-order valence-corrected chi connectivity index (χ2v) is 10.9. The summed E-state index contributed by atoms with van der Waals surface area (Å²) in [4.78, 5) is 11.8. The number of nitrogens with zero attached hydrogens (tertiary/aromatic N) is 7. The van der Waals surface area contributed by atoms with E-state index in [4.69, 9.17) is 4.36 Å². The lowest BCUT2D eigenvalue weighted by Gasteiger charge is -2.49. The summed E-state index contributed by atoms with van der Waals surface area (Å²) in [6, 6.07) is 4.43. The summed E-state index contributed by atoms with van der Waals surface area (Å²) < 4.78 is 21.8. The van der Waals surface area contributed by atoms with Gasteiger partial charge in [0, 0.05) is 42.7 Å². The summed E-state index contributed by atoms with van der Waals surface area (Å²) in [6.07, 6.45) is 14.7. The van der Waals surface area contributed by atoms with Gasteiger partial charge in [-0.2, -0.15) is 10.4 Å². The molecule has 1 aliphatic carbocycles. The molecule has 0 spiro atoms. The summed E-state index contributed by atoms with van der Waals surface area (Å²) in [5, 5.41) is 15.0. The SMILES string of the molecule is CS(=O)(=NC1CCCCC1)N1CC(CC#N)(n2cc(-c3ncnc4[nH]ccc34)cn2)C1. The van der Waals surface area contributed by atoms with Crippen molar-refractivity contribution in [2.45, 2.75) is 50.1 Å². The van der Waals surface area contributed by atoms with Crippen molar-refractivity contribution >= 4 is 20.9 Å². The van der Waals surface area contributed by atoms with Crippen LogP contribution in [-0.2, 0) is 15.5 Å². The van der Waals surface area contributed by atoms with Gasteiger partial charge in [-0.15, -0.1) is 0 Å². The summed E-state index contributed by atoms with van der Waals surface area (Å²) in [7, 11) is -2.45. The minimum atomic E-state index is -2.45. The van der Waals surface area contributed by atoms with Crippen LogP contribution in [0.25, 0.3) is 22.3 Å². The van der Waals surface area contributed by atoms with Crippen LogP contribution < -0.4 is 0 Å². The molecule has 1 N–H and O–H groups in total. The number of nitrogens with one attached hydrogen (secondary N) is 1. The molecule has 2 aliphatic rings. The molecule has 1 unspecified atom stereocenters. The van der Waals surface area contributed by atoms with Gasteiger partial charge in [0.15, 0.2) is 0 Å². The highest BCUT2D eigenvalue weighted by atomic mass is 32.2. The molecule has 0 amide bonds. The number of hydrogen-bond donors (Lipinski definition) is 1. The Morgan fingerprint density at radius 3 is 2.90 bits per heavy atom. The quantitative estimate of drug-likeness (QED) is 0.657. The zero-order valence-electron chi connectivity index (χ0n) is 17.6. The Hall–Kier alpha value is -2.77. The van der Waals surface area contributed by atoms with Crippen LogP contribution in [0.5, 0.6) is 0 Å². The minimum Gasteiger partial charge on any atom is -0.346 e. The Kier molecular flexibility index (Phi) is 5.02. The van der Waals surface area contributed by atoms with Crippen molar-refractivity contribution in [1.82, 2.24) is 29.0 Å². The van der Waals surface area contributed by atoms with E-state index in [1.165, 1.54) is 12.7 Å². The van der Waals surface area contributed by atoms with E-state index in [9.17, 15) is 9.47 Å². The van der Waals surface area contributed by atoms with Gasteiger partial charge in [0.05, 0.1) is 30.4 Å². The predicted molar refractivity (Wildman–Crippen MR) is 118 cm³/mol. The van der Waals surface area contributed by atoms with Gasteiger partial charge in [-0.25, -0.2) is 22.8 Å². The van der Waals surface area contributed by atoms with Crippen LogP contribution in [-0.4, -0.2) is 58.6 Å². The molecule has 5 rings (SSSR count). The number of hydrogen-bond acceptors (Lipinski definition) is 6. The Labute approximate surface area is 181 Å². The van der Waals surface area contributed by atoms with Gasteiger partial charge >= 0.3 is 0 Å². The van der Waals surface area contributed by atoms with E-state index < -0.39 is 15.5 Å². The molecular weight excluding hydrogens is 412 g/mol. The third-order valence-corrected chi connectivity index (χ3v) is 8.35. The molecule has 31 heavy (non-hydrogen) atoms. The predicted octanol–water partition coefficient (Wildman–Crippen LogP) is 3.09. The van der Waals surface area contributed by atoms with Crippen LogP contribution in [0, 0.1) is 11.3 Å². The molecule has 9 nitrogen and oxygen atoms in total. The summed E-state index contributed by atoms with van der Waals surface area (Å²) in [5.74, 6) is 0. The Bertz CT molecular complexity index is 1250. The fraction of sp³-hybridized carbons (Fsp3) is 0.524. The van der Waals surface area contributed by atoms with Crippen molar-refractivity contribution < 1.29 is 4.21 Å². The zero-order chi connectivity index (χ0) is 21.5. The largest absolute Gasteiger partial charge is 0.346 e. The Morgan fingerprint density at radius 1 is 1.32 bits per heavy atom. The molecule has 4 heterocycles. The highest BCUT2D eigenvalue weighted by Crippen LogP contribution is 2.36. The van der Waals surface area contributed by atoms with Gasteiger partial charge in [0.25, 0.3) is 0 Å². The molecule has 10 heteroatoms. The molecule has 1 aliphatic heterocycles. The Balaban J connectivity index is 1.40. The van der Waals surface area contributed by atoms with Crippen LogP contribution in [0.2, 0.25) is 0 Å². The standard InChI is InChI=1S/C21H26N8OS/c1-31(30,27-17-5-3-2-4-6-17)28-13-21(14-28,8-9-22)29-12-16(11-26-29)19-18-7-10-23-20(18)25-15-24-19/h7,10-12,15,17H,2-6,8,13-14H2,1H3,(H,23,24,25). The first-order valence-electron chi connectivity index (χ1n) is 10.7. The van der Waals surface area contributed by atoms with Crippen LogP contribution in [0.4, 0.5) is 0 Å². The number of H-pyrrole nitrogens is 1. The second-order valence-electron chi connectivity index (χ2n) is 8.65. The lowest BCUT2D eigenvalue weighted by atomic mass is 9.89. The van der Waals surface area contributed by atoms with E-state index in [-0.39, 0.29) is 6.04 Å². The molecule has 0 radical (unpaired) electrons. The Morgan fingerprint density at radius 2 is 2.13 bits per heavy atom. The number of aromatic nitrogens is 5. The average Bonchev–Trinajstić information content (AvgIpc) is 3.40. The first kappa shape index (κ1) is 20.2. The van der Waals surface area contributed by atoms with Crippen molar-refractivity contribution in [3.63, 3.8) is 0 Å². The zero-order valence-corrected chi connectivity index (χ0v) is 18.4. The number of nitriles is 1. The summed E-state index contributed by atoms with van der Waals surface area (Å²) >= 11 is 0. The highest BCUT2D eigenvalue weighted by molar-refractivity contribution is 7.90. The molecule has 0 aromatic carbocycles. The van der Waals surface area contributed by atoms with Crippen molar-refractivity contribution in [2.24, 2.45) is 4.36 Å². The van der Waals surface area contributed by atoms with Crippen molar-refractivity contribution in [3.8, 4) is 17.3 Å².